The number of nitrogens with zero attached hydrogens (tertiary/aromatic N) is 1. The van der Waals surface area contributed by atoms with Gasteiger partial charge in [-0.3, -0.25) is 9.52 Å². The van der Waals surface area contributed by atoms with E-state index < -0.39 is 10.0 Å². The number of thiazole rings is 1. The highest BCUT2D eigenvalue weighted by atomic mass is 32.2. The Balaban J connectivity index is 2.07. The van der Waals surface area contributed by atoms with Gasteiger partial charge in [0.1, 0.15) is 4.88 Å². The molecule has 6 nitrogen and oxygen atoms in total. The molecule has 0 unspecified atom stereocenters. The Hall–Kier alpha value is -1.93. The molecule has 0 saturated carbocycles. The van der Waals surface area contributed by atoms with Gasteiger partial charge in [-0.2, -0.15) is 0 Å². The number of aryl methyl sites for hydroxylation is 2. The van der Waals surface area contributed by atoms with E-state index in [1.807, 2.05) is 24.3 Å². The lowest BCUT2D eigenvalue weighted by Crippen LogP contribution is -2.11. The second kappa shape index (κ2) is 7.76. The molecule has 1 aromatic heterocycles. The summed E-state index contributed by atoms with van der Waals surface area (Å²) in [5, 5.41) is 3.00. The number of hydrogen-bond acceptors (Lipinski definition) is 5. The third kappa shape index (κ3) is 5.31. The minimum absolute atomic E-state index is 0.190. The Morgan fingerprint density at radius 3 is 2.50 bits per heavy atom. The molecule has 24 heavy (non-hydrogen) atoms. The van der Waals surface area contributed by atoms with Gasteiger partial charge in [0.15, 0.2) is 5.13 Å². The van der Waals surface area contributed by atoms with Gasteiger partial charge < -0.3 is 5.32 Å². The first-order chi connectivity index (χ1) is 11.3. The SMILES string of the molecule is CCCCc1ccc(NC(=O)c2sc(NS(C)(=O)=O)nc2C)cc1. The number of benzene rings is 1. The van der Waals surface area contributed by atoms with Gasteiger partial charge in [-0.15, -0.1) is 0 Å². The monoisotopic (exact) mass is 367 g/mol. The molecule has 0 aliphatic rings. The summed E-state index contributed by atoms with van der Waals surface area (Å²) in [4.78, 5) is 16.8. The number of amides is 1. The highest BCUT2D eigenvalue weighted by molar-refractivity contribution is 7.92. The Morgan fingerprint density at radius 1 is 1.25 bits per heavy atom. The summed E-state index contributed by atoms with van der Waals surface area (Å²) in [5.41, 5.74) is 2.43. The Bertz CT molecular complexity index is 812. The lowest BCUT2D eigenvalue weighted by atomic mass is 10.1. The molecule has 8 heteroatoms. The van der Waals surface area contributed by atoms with Crippen molar-refractivity contribution >= 4 is 38.1 Å². The fourth-order valence-corrected chi connectivity index (χ4v) is 3.83. The quantitative estimate of drug-likeness (QED) is 0.785. The van der Waals surface area contributed by atoms with Crippen LogP contribution in [0, 0.1) is 6.92 Å². The first-order valence-electron chi connectivity index (χ1n) is 7.64. The summed E-state index contributed by atoms with van der Waals surface area (Å²) in [6.07, 6.45) is 4.36. The second-order valence-electron chi connectivity index (χ2n) is 5.56. The highest BCUT2D eigenvalue weighted by Crippen LogP contribution is 2.24. The van der Waals surface area contributed by atoms with Crippen LogP contribution in [0.25, 0.3) is 0 Å². The van der Waals surface area contributed by atoms with Gasteiger partial charge in [-0.1, -0.05) is 36.8 Å². The average Bonchev–Trinajstić information content (AvgIpc) is 2.85. The molecule has 0 atom stereocenters. The van der Waals surface area contributed by atoms with Crippen molar-refractivity contribution in [1.82, 2.24) is 4.98 Å². The first kappa shape index (κ1) is 18.4. The molecule has 2 N–H and O–H groups in total. The minimum Gasteiger partial charge on any atom is -0.321 e. The van der Waals surface area contributed by atoms with Gasteiger partial charge in [0.2, 0.25) is 10.0 Å². The summed E-state index contributed by atoms with van der Waals surface area (Å²) in [7, 11) is -3.41. The Morgan fingerprint density at radius 2 is 1.92 bits per heavy atom. The molecule has 0 radical (unpaired) electrons. The van der Waals surface area contributed by atoms with Crippen molar-refractivity contribution < 1.29 is 13.2 Å². The van der Waals surface area contributed by atoms with Gasteiger partial charge in [0.05, 0.1) is 11.9 Å². The number of carbonyl (C=O) groups excluding carboxylic acids is 1. The fraction of sp³-hybridized carbons (Fsp3) is 0.375. The predicted molar refractivity (Wildman–Crippen MR) is 98.3 cm³/mol. The Labute approximate surface area is 146 Å². The summed E-state index contributed by atoms with van der Waals surface area (Å²) in [6, 6.07) is 7.74. The van der Waals surface area contributed by atoms with Crippen LogP contribution < -0.4 is 10.0 Å². The third-order valence-corrected chi connectivity index (χ3v) is 5.07. The average molecular weight is 367 g/mol. The van der Waals surface area contributed by atoms with Crippen LogP contribution in [0.15, 0.2) is 24.3 Å². The van der Waals surface area contributed by atoms with Crippen LogP contribution in [-0.4, -0.2) is 25.6 Å². The first-order valence-corrected chi connectivity index (χ1v) is 10.3. The molecule has 1 amide bonds. The molecule has 1 heterocycles. The maximum absolute atomic E-state index is 12.4. The standard InChI is InChI=1S/C16H21N3O3S2/c1-4-5-6-12-7-9-13(10-8-12)18-15(20)14-11(2)17-16(23-14)19-24(3,21)22/h7-10H,4-6H2,1-3H3,(H,17,19)(H,18,20). The van der Waals surface area contributed by atoms with Gasteiger partial charge >= 0.3 is 0 Å². The van der Waals surface area contributed by atoms with Gasteiger partial charge in [-0.05, 0) is 37.5 Å². The number of rotatable bonds is 7. The van der Waals surface area contributed by atoms with E-state index in [1.54, 1.807) is 6.92 Å². The molecule has 0 bridgehead atoms. The van der Waals surface area contributed by atoms with E-state index in [0.717, 1.165) is 36.9 Å². The molecule has 0 aliphatic carbocycles. The summed E-state index contributed by atoms with van der Waals surface area (Å²) in [5.74, 6) is -0.298. The van der Waals surface area contributed by atoms with Crippen LogP contribution in [0.2, 0.25) is 0 Å². The fourth-order valence-electron chi connectivity index (χ4n) is 2.13. The predicted octanol–water partition coefficient (Wildman–Crippen LogP) is 3.42. The van der Waals surface area contributed by atoms with Gasteiger partial charge in [-0.25, -0.2) is 13.4 Å². The van der Waals surface area contributed by atoms with Crippen LogP contribution in [0.4, 0.5) is 10.8 Å². The smallest absolute Gasteiger partial charge is 0.267 e. The molecular formula is C16H21N3O3S2. The largest absolute Gasteiger partial charge is 0.321 e. The van der Waals surface area contributed by atoms with Crippen molar-refractivity contribution in [3.05, 3.63) is 40.4 Å². The summed E-state index contributed by atoms with van der Waals surface area (Å²) < 4.78 is 24.8. The molecular weight excluding hydrogens is 346 g/mol. The molecule has 2 aromatic rings. The summed E-state index contributed by atoms with van der Waals surface area (Å²) >= 11 is 1.01. The van der Waals surface area contributed by atoms with Gasteiger partial charge in [0.25, 0.3) is 5.91 Å². The van der Waals surface area contributed by atoms with Crippen LogP contribution in [0.3, 0.4) is 0 Å². The van der Waals surface area contributed by atoms with E-state index in [9.17, 15) is 13.2 Å². The number of aromatic nitrogens is 1. The Kier molecular flexibility index (Phi) is 5.95. The zero-order valence-corrected chi connectivity index (χ0v) is 15.6. The normalized spacial score (nSPS) is 11.3. The number of hydrogen-bond donors (Lipinski definition) is 2. The zero-order valence-electron chi connectivity index (χ0n) is 13.9. The zero-order chi connectivity index (χ0) is 17.7. The maximum atomic E-state index is 12.4. The third-order valence-electron chi connectivity index (χ3n) is 3.31. The number of nitrogens with one attached hydrogen (secondary N) is 2. The molecule has 0 saturated heterocycles. The van der Waals surface area contributed by atoms with E-state index >= 15 is 0 Å². The molecule has 2 rings (SSSR count). The van der Waals surface area contributed by atoms with E-state index in [0.29, 0.717) is 16.3 Å². The highest BCUT2D eigenvalue weighted by Gasteiger charge is 2.17. The molecule has 130 valence electrons. The van der Waals surface area contributed by atoms with E-state index in [-0.39, 0.29) is 11.0 Å². The van der Waals surface area contributed by atoms with Crippen molar-refractivity contribution in [2.45, 2.75) is 33.1 Å². The number of sulfonamides is 1. The topological polar surface area (TPSA) is 88.2 Å². The van der Waals surface area contributed by atoms with Crippen LogP contribution in [0.5, 0.6) is 0 Å². The lowest BCUT2D eigenvalue weighted by Gasteiger charge is -2.05. The second-order valence-corrected chi connectivity index (χ2v) is 8.31. The van der Waals surface area contributed by atoms with E-state index in [1.165, 1.54) is 5.56 Å². The van der Waals surface area contributed by atoms with E-state index in [2.05, 4.69) is 21.9 Å². The molecule has 0 aliphatic heterocycles. The molecule has 1 aromatic carbocycles. The minimum atomic E-state index is -3.41. The van der Waals surface area contributed by atoms with Crippen molar-refractivity contribution in [2.24, 2.45) is 0 Å². The van der Waals surface area contributed by atoms with Crippen LogP contribution >= 0.6 is 11.3 Å². The van der Waals surface area contributed by atoms with Crippen molar-refractivity contribution in [2.75, 3.05) is 16.3 Å². The van der Waals surface area contributed by atoms with Crippen LogP contribution in [0.1, 0.15) is 40.7 Å². The molecule has 0 fully saturated rings. The van der Waals surface area contributed by atoms with Crippen molar-refractivity contribution in [3.63, 3.8) is 0 Å². The molecule has 0 spiro atoms. The van der Waals surface area contributed by atoms with E-state index in [4.69, 9.17) is 0 Å². The van der Waals surface area contributed by atoms with Gasteiger partial charge in [0, 0.05) is 5.69 Å². The van der Waals surface area contributed by atoms with Crippen molar-refractivity contribution in [3.8, 4) is 0 Å². The summed E-state index contributed by atoms with van der Waals surface area (Å²) in [6.45, 7) is 3.83. The van der Waals surface area contributed by atoms with Crippen molar-refractivity contribution in [1.29, 1.82) is 0 Å². The van der Waals surface area contributed by atoms with Crippen LogP contribution in [-0.2, 0) is 16.4 Å². The number of carbonyl (C=O) groups is 1. The lowest BCUT2D eigenvalue weighted by molar-refractivity contribution is 0.103. The maximum Gasteiger partial charge on any atom is 0.267 e. The number of anilines is 2. The number of unbranched alkanes of at least 4 members (excludes halogenated alkanes) is 1.